The van der Waals surface area contributed by atoms with E-state index >= 15 is 0 Å². The molecule has 3 heterocycles. The number of aryl methyl sites for hydroxylation is 1. The van der Waals surface area contributed by atoms with Gasteiger partial charge in [0.25, 0.3) is 10.2 Å². The average Bonchev–Trinajstić information content (AvgIpc) is 3.19. The second-order valence-electron chi connectivity index (χ2n) is 5.84. The van der Waals surface area contributed by atoms with Crippen LogP contribution in [0.3, 0.4) is 0 Å². The third-order valence-corrected chi connectivity index (χ3v) is 6.35. The molecule has 2 aliphatic heterocycles. The Hall–Kier alpha value is -1.03. The molecule has 1 aromatic heterocycles. The van der Waals surface area contributed by atoms with Gasteiger partial charge in [-0.3, -0.25) is 10.00 Å². The number of nitrogens with one attached hydrogen (secondary N) is 1. The van der Waals surface area contributed by atoms with E-state index in [1.165, 1.54) is 0 Å². The summed E-state index contributed by atoms with van der Waals surface area (Å²) in [6.07, 6.45) is 2.77. The van der Waals surface area contributed by atoms with Crippen molar-refractivity contribution in [2.45, 2.75) is 32.7 Å². The standard InChI is InChI=1S/C13H24N6O2S/c1-2-12-14-13(16-15-12)11-17-7-9-19(10-8-17)22(20,21)18-5-3-4-6-18/h2-11H2,1H3,(H,14,15,16). The lowest BCUT2D eigenvalue weighted by atomic mass is 10.3. The minimum absolute atomic E-state index is 0.549. The molecule has 3 rings (SSSR count). The summed E-state index contributed by atoms with van der Waals surface area (Å²) in [6, 6.07) is 0. The Morgan fingerprint density at radius 3 is 2.27 bits per heavy atom. The van der Waals surface area contributed by atoms with Gasteiger partial charge in [0.05, 0.1) is 6.54 Å². The molecule has 9 heteroatoms. The number of H-pyrrole nitrogens is 1. The summed E-state index contributed by atoms with van der Waals surface area (Å²) < 4.78 is 28.2. The lowest BCUT2D eigenvalue weighted by molar-refractivity contribution is 0.173. The molecule has 0 atom stereocenters. The lowest BCUT2D eigenvalue weighted by Crippen LogP contribution is -2.52. The number of nitrogens with zero attached hydrogens (tertiary/aromatic N) is 5. The summed E-state index contributed by atoms with van der Waals surface area (Å²) in [6.45, 7) is 6.62. The number of piperazine rings is 1. The number of aromatic amines is 1. The smallest absolute Gasteiger partial charge is 0.282 e. The van der Waals surface area contributed by atoms with Crippen LogP contribution in [0.25, 0.3) is 0 Å². The van der Waals surface area contributed by atoms with Gasteiger partial charge in [-0.25, -0.2) is 4.98 Å². The van der Waals surface area contributed by atoms with Gasteiger partial charge in [-0.15, -0.1) is 0 Å². The highest BCUT2D eigenvalue weighted by Crippen LogP contribution is 2.18. The topological polar surface area (TPSA) is 85.4 Å². The van der Waals surface area contributed by atoms with Gasteiger partial charge in [0.2, 0.25) is 0 Å². The largest absolute Gasteiger partial charge is 0.293 e. The van der Waals surface area contributed by atoms with E-state index in [2.05, 4.69) is 20.1 Å². The summed E-state index contributed by atoms with van der Waals surface area (Å²) in [5, 5.41) is 7.08. The van der Waals surface area contributed by atoms with E-state index in [4.69, 9.17) is 0 Å². The molecule has 8 nitrogen and oxygen atoms in total. The molecule has 0 aliphatic carbocycles. The van der Waals surface area contributed by atoms with E-state index in [1.54, 1.807) is 8.61 Å². The highest BCUT2D eigenvalue weighted by Gasteiger charge is 2.33. The molecule has 0 saturated carbocycles. The van der Waals surface area contributed by atoms with Crippen LogP contribution < -0.4 is 0 Å². The van der Waals surface area contributed by atoms with Crippen molar-refractivity contribution in [1.29, 1.82) is 0 Å². The van der Waals surface area contributed by atoms with Gasteiger partial charge < -0.3 is 0 Å². The molecule has 22 heavy (non-hydrogen) atoms. The first-order valence-corrected chi connectivity index (χ1v) is 9.37. The highest BCUT2D eigenvalue weighted by atomic mass is 32.2. The summed E-state index contributed by atoms with van der Waals surface area (Å²) in [4.78, 5) is 6.62. The fourth-order valence-corrected chi connectivity index (χ4v) is 4.65. The monoisotopic (exact) mass is 328 g/mol. The summed E-state index contributed by atoms with van der Waals surface area (Å²) in [5.41, 5.74) is 0. The van der Waals surface area contributed by atoms with Gasteiger partial charge in [0, 0.05) is 45.7 Å². The molecule has 1 aromatic rings. The lowest BCUT2D eigenvalue weighted by Gasteiger charge is -2.35. The Kier molecular flexibility index (Phi) is 4.76. The molecule has 0 spiro atoms. The van der Waals surface area contributed by atoms with Crippen LogP contribution in [0.15, 0.2) is 0 Å². The molecular weight excluding hydrogens is 304 g/mol. The third kappa shape index (κ3) is 3.32. The Morgan fingerprint density at radius 1 is 1.05 bits per heavy atom. The van der Waals surface area contributed by atoms with Crippen molar-refractivity contribution in [3.05, 3.63) is 11.6 Å². The van der Waals surface area contributed by atoms with Crippen molar-refractivity contribution in [1.82, 2.24) is 28.7 Å². The maximum absolute atomic E-state index is 12.5. The predicted molar refractivity (Wildman–Crippen MR) is 82.3 cm³/mol. The van der Waals surface area contributed by atoms with Crippen molar-refractivity contribution in [2.24, 2.45) is 0 Å². The maximum Gasteiger partial charge on any atom is 0.282 e. The van der Waals surface area contributed by atoms with Crippen LogP contribution >= 0.6 is 0 Å². The van der Waals surface area contributed by atoms with Crippen molar-refractivity contribution >= 4 is 10.2 Å². The SMILES string of the molecule is CCc1n[nH]c(CN2CCN(S(=O)(=O)N3CCCC3)CC2)n1. The zero-order valence-electron chi connectivity index (χ0n) is 13.0. The van der Waals surface area contributed by atoms with E-state index < -0.39 is 10.2 Å². The van der Waals surface area contributed by atoms with Crippen LogP contribution in [0.4, 0.5) is 0 Å². The molecular formula is C13H24N6O2S. The van der Waals surface area contributed by atoms with E-state index in [-0.39, 0.29) is 0 Å². The molecule has 0 unspecified atom stereocenters. The highest BCUT2D eigenvalue weighted by molar-refractivity contribution is 7.86. The molecule has 0 amide bonds. The maximum atomic E-state index is 12.5. The normalized spacial score (nSPS) is 22.4. The van der Waals surface area contributed by atoms with Crippen molar-refractivity contribution in [2.75, 3.05) is 39.3 Å². The van der Waals surface area contributed by atoms with Crippen LogP contribution in [0.5, 0.6) is 0 Å². The molecule has 2 saturated heterocycles. The quantitative estimate of drug-likeness (QED) is 0.811. The second kappa shape index (κ2) is 6.61. The Balaban J connectivity index is 1.53. The third-order valence-electron chi connectivity index (χ3n) is 4.32. The number of aromatic nitrogens is 3. The minimum Gasteiger partial charge on any atom is -0.293 e. The molecule has 0 radical (unpaired) electrons. The van der Waals surface area contributed by atoms with Crippen molar-refractivity contribution < 1.29 is 8.42 Å². The van der Waals surface area contributed by atoms with E-state index in [1.807, 2.05) is 6.92 Å². The van der Waals surface area contributed by atoms with Crippen LogP contribution in [-0.2, 0) is 23.2 Å². The summed E-state index contributed by atoms with van der Waals surface area (Å²) in [7, 11) is -3.25. The fraction of sp³-hybridized carbons (Fsp3) is 0.846. The van der Waals surface area contributed by atoms with Gasteiger partial charge in [-0.2, -0.15) is 22.1 Å². The van der Waals surface area contributed by atoms with Gasteiger partial charge in [0.1, 0.15) is 11.6 Å². The Labute approximate surface area is 131 Å². The van der Waals surface area contributed by atoms with Crippen molar-refractivity contribution in [3.63, 3.8) is 0 Å². The zero-order chi connectivity index (χ0) is 15.6. The van der Waals surface area contributed by atoms with Crippen LogP contribution in [0.1, 0.15) is 31.4 Å². The molecule has 2 fully saturated rings. The zero-order valence-corrected chi connectivity index (χ0v) is 13.8. The number of rotatable bonds is 5. The first-order chi connectivity index (χ1) is 10.6. The van der Waals surface area contributed by atoms with Gasteiger partial charge in [-0.05, 0) is 12.8 Å². The summed E-state index contributed by atoms with van der Waals surface area (Å²) >= 11 is 0. The van der Waals surface area contributed by atoms with Crippen molar-refractivity contribution in [3.8, 4) is 0 Å². The van der Waals surface area contributed by atoms with Crippen LogP contribution in [0.2, 0.25) is 0 Å². The Bertz CT molecular complexity index is 587. The van der Waals surface area contributed by atoms with E-state index in [0.29, 0.717) is 32.7 Å². The van der Waals surface area contributed by atoms with Gasteiger partial charge in [-0.1, -0.05) is 6.92 Å². The Morgan fingerprint density at radius 2 is 1.68 bits per heavy atom. The summed E-state index contributed by atoms with van der Waals surface area (Å²) in [5.74, 6) is 1.68. The fourth-order valence-electron chi connectivity index (χ4n) is 2.98. The first kappa shape index (κ1) is 15.9. The first-order valence-electron chi connectivity index (χ1n) is 7.97. The molecule has 0 bridgehead atoms. The molecule has 1 N–H and O–H groups in total. The predicted octanol–water partition coefficient (Wildman–Crippen LogP) is -0.175. The second-order valence-corrected chi connectivity index (χ2v) is 7.77. The van der Waals surface area contributed by atoms with E-state index in [9.17, 15) is 8.42 Å². The minimum atomic E-state index is -3.25. The van der Waals surface area contributed by atoms with Gasteiger partial charge >= 0.3 is 0 Å². The number of hydrogen-bond donors (Lipinski definition) is 1. The van der Waals surface area contributed by atoms with Gasteiger partial charge in [0.15, 0.2) is 0 Å². The average molecular weight is 328 g/mol. The molecule has 2 aliphatic rings. The van der Waals surface area contributed by atoms with Crippen LogP contribution in [0, 0.1) is 0 Å². The van der Waals surface area contributed by atoms with E-state index in [0.717, 1.165) is 44.0 Å². The number of hydrogen-bond acceptors (Lipinski definition) is 5. The molecule has 0 aromatic carbocycles. The van der Waals surface area contributed by atoms with Crippen LogP contribution in [-0.4, -0.2) is 76.4 Å². The molecule has 124 valence electrons.